The minimum atomic E-state index is -2.43. The summed E-state index contributed by atoms with van der Waals surface area (Å²) >= 11 is 14.7. The molecule has 8 aliphatic heterocycles. The molecule has 8 heterocycles. The van der Waals surface area contributed by atoms with Crippen molar-refractivity contribution in [3.05, 3.63) is 285 Å². The summed E-state index contributed by atoms with van der Waals surface area (Å²) in [5, 5.41) is 155. The maximum Gasteiger partial charge on any atom is 0.252 e. The molecule has 768 valence electrons. The Balaban J connectivity index is 0.867. The Morgan fingerprint density at radius 2 is 1.05 bits per heavy atom. The Bertz CT molecular complexity index is 6720. The number of halogens is 2. The average molecular weight is 2050 g/mol. The van der Waals surface area contributed by atoms with Gasteiger partial charge in [0.25, 0.3) is 5.91 Å². The van der Waals surface area contributed by atoms with E-state index in [1.54, 1.807) is 26.0 Å². The molecule has 0 spiro atoms. The number of fused-ring (bicyclic) bond motifs is 14. The summed E-state index contributed by atoms with van der Waals surface area (Å²) < 4.78 is 46.4. The number of phenolic OH excluding ortho intramolecular Hbond substituents is 4. The molecule has 147 heavy (non-hydrogen) atoms. The second-order valence-corrected chi connectivity index (χ2v) is 38.1. The molecule has 11 aromatic carbocycles. The van der Waals surface area contributed by atoms with Crippen LogP contribution in [0.2, 0.25) is 10.0 Å². The molecule has 17 bridgehead atoms. The zero-order valence-electron chi connectivity index (χ0n) is 80.0. The predicted octanol–water partition coefficient (Wildman–Crippen LogP) is 7.29. The highest BCUT2D eigenvalue weighted by atomic mass is 35.5. The van der Waals surface area contributed by atoms with Crippen LogP contribution in [0, 0.1) is 0 Å². The minimum absolute atomic E-state index is 0.0627. The number of nitrogens with one attached hydrogen (secondary N) is 9. The Hall–Kier alpha value is -14.6. The lowest BCUT2D eigenvalue weighted by atomic mass is 9.89. The van der Waals surface area contributed by atoms with Crippen LogP contribution in [-0.2, 0) is 67.3 Å². The van der Waals surface area contributed by atoms with Crippen molar-refractivity contribution in [2.24, 2.45) is 0 Å². The molecule has 4 unspecified atom stereocenters. The summed E-state index contributed by atoms with van der Waals surface area (Å²) in [6.07, 6.45) is -19.8. The van der Waals surface area contributed by atoms with Crippen molar-refractivity contribution in [1.29, 1.82) is 0 Å². The number of hydrogen-bond donors (Lipinski definition) is 20. The molecular weight excluding hydrogens is 1940 g/mol. The first-order chi connectivity index (χ1) is 70.6. The summed E-state index contributed by atoms with van der Waals surface area (Å²) in [6, 6.07) is 41.3. The summed E-state index contributed by atoms with van der Waals surface area (Å²) in [4.78, 5) is 134. The van der Waals surface area contributed by atoms with Crippen LogP contribution < -0.4 is 71.5 Å². The van der Waals surface area contributed by atoms with Gasteiger partial charge in [-0.3, -0.25) is 43.3 Å². The molecule has 20 N–H and O–H groups in total. The van der Waals surface area contributed by atoms with Gasteiger partial charge in [-0.05, 0) is 201 Å². The number of ether oxygens (including phenoxy) is 7. The van der Waals surface area contributed by atoms with E-state index in [0.717, 1.165) is 88.5 Å². The molecule has 2 saturated heterocycles. The number of carbonyl (C=O) groups excluding carboxylic acids is 8. The molecule has 40 heteroatoms. The normalized spacial score (nSPS) is 24.0. The van der Waals surface area contributed by atoms with Crippen LogP contribution in [-0.4, -0.2) is 260 Å². The standard InChI is InChI=1S/C107H110Cl2N12O26/c1-119(2)38-12-36-110-99(134)85-68-46-64(123)47-77(144-107-95(132)93(130)91(128)80(52-122)145-107)81(68)67-41-60(28-33-72(67)124)83-100(135)118-87(103(138)117-85)90(127)62-30-35-75(70(108)42-62)143-79-45-63-44-78(96(79)146-106-88(92(129)94(131)97(147-106)105(140)111-37-13-39-120(3)4)112-50-54-18-24-58(25-19-54)56-14-8-6-9-15-56)141-65-31-22-53(23-32-65)40-71-98(133)116-86(102(137)115-84(63)101(136)114-83)69-48-66(49-74(126)82(69)109)142-76-43-61(29-34-73(76)125)89(104(139)113-71)121(5)51-55-20-26-59(27-21-55)57-16-10-7-11-17-57/h6-11,14-35,41-49,71,80,83-95,97,106-107,112,122-132H,12-13,36-40,50-52H2,1-5H3,(H,110,134)(H,111,140)(H,113,139)(H,114,136)(H,115,137)(H,116,133)(H,117,138)(H,118,135)/t71-,80-,83-,84-,85+,86+,87?,88?,89-,90-,91-,92-,93+,94?,95+,97?,106-,107+/m1/s1. The van der Waals surface area contributed by atoms with Gasteiger partial charge in [0, 0.05) is 61.4 Å². The zero-order valence-corrected chi connectivity index (χ0v) is 81.5. The third-order valence-corrected chi connectivity index (χ3v) is 27.0. The molecule has 11 aromatic rings. The van der Waals surface area contributed by atoms with Gasteiger partial charge in [0.1, 0.15) is 125 Å². The Labute approximate surface area is 853 Å². The van der Waals surface area contributed by atoms with Gasteiger partial charge in [0.05, 0.1) is 22.7 Å². The molecule has 18 atom stereocenters. The van der Waals surface area contributed by atoms with E-state index in [1.165, 1.54) is 54.6 Å². The fourth-order valence-corrected chi connectivity index (χ4v) is 19.0. The smallest absolute Gasteiger partial charge is 0.252 e. The molecule has 8 aliphatic rings. The number of aromatic hydroxyl groups is 4. The lowest BCUT2D eigenvalue weighted by Crippen LogP contribution is -2.66. The molecule has 2 fully saturated rings. The van der Waals surface area contributed by atoms with Gasteiger partial charge in [-0.2, -0.15) is 0 Å². The van der Waals surface area contributed by atoms with Crippen LogP contribution in [0.3, 0.4) is 0 Å². The molecule has 0 radical (unpaired) electrons. The second kappa shape index (κ2) is 45.2. The number of phenols is 4. The Morgan fingerprint density at radius 3 is 1.70 bits per heavy atom. The third-order valence-electron chi connectivity index (χ3n) is 26.3. The van der Waals surface area contributed by atoms with E-state index in [2.05, 4.69) is 47.9 Å². The molecule has 0 aromatic heterocycles. The van der Waals surface area contributed by atoms with Crippen LogP contribution in [0.25, 0.3) is 33.4 Å². The monoisotopic (exact) mass is 2050 g/mol. The number of rotatable bonds is 23. The number of amides is 8. The van der Waals surface area contributed by atoms with E-state index in [4.69, 9.17) is 56.4 Å². The van der Waals surface area contributed by atoms with Crippen LogP contribution in [0.15, 0.2) is 224 Å². The topological polar surface area (TPSA) is 542 Å². The van der Waals surface area contributed by atoms with Gasteiger partial charge in [-0.15, -0.1) is 0 Å². The second-order valence-electron chi connectivity index (χ2n) is 37.3. The zero-order chi connectivity index (χ0) is 104. The highest BCUT2D eigenvalue weighted by Gasteiger charge is 2.51. The summed E-state index contributed by atoms with van der Waals surface area (Å²) in [6.45, 7) is -0.0564. The predicted molar refractivity (Wildman–Crippen MR) is 534 cm³/mol. The van der Waals surface area contributed by atoms with E-state index in [9.17, 15) is 61.0 Å². The lowest BCUT2D eigenvalue weighted by Gasteiger charge is -2.42. The van der Waals surface area contributed by atoms with Crippen molar-refractivity contribution < 1.29 is 128 Å². The quantitative estimate of drug-likeness (QED) is 0.0279. The van der Waals surface area contributed by atoms with Crippen LogP contribution in [0.4, 0.5) is 0 Å². The summed E-state index contributed by atoms with van der Waals surface area (Å²) in [5.74, 6) is -15.6. The van der Waals surface area contributed by atoms with Crippen molar-refractivity contribution >= 4 is 70.5 Å². The van der Waals surface area contributed by atoms with Crippen molar-refractivity contribution in [2.45, 2.75) is 142 Å². The van der Waals surface area contributed by atoms with Crippen LogP contribution >= 0.6 is 23.2 Å². The maximum atomic E-state index is 17.2. The molecule has 19 rings (SSSR count). The lowest BCUT2D eigenvalue weighted by molar-refractivity contribution is -0.277. The van der Waals surface area contributed by atoms with Crippen molar-refractivity contribution in [3.63, 3.8) is 0 Å². The summed E-state index contributed by atoms with van der Waals surface area (Å²) in [5.41, 5.74) is 2.56. The molecule has 0 saturated carbocycles. The van der Waals surface area contributed by atoms with Crippen LogP contribution in [0.1, 0.15) is 99.2 Å². The highest BCUT2D eigenvalue weighted by Crippen LogP contribution is 2.51. The van der Waals surface area contributed by atoms with Gasteiger partial charge in [-0.1, -0.05) is 163 Å². The van der Waals surface area contributed by atoms with E-state index < -0.39 is 254 Å². The molecule has 38 nitrogen and oxygen atoms in total. The number of nitrogens with zero attached hydrogens (tertiary/aromatic N) is 3. The van der Waals surface area contributed by atoms with E-state index in [0.29, 0.717) is 37.1 Å². The first-order valence-corrected chi connectivity index (χ1v) is 48.2. The highest BCUT2D eigenvalue weighted by molar-refractivity contribution is 6.33. The van der Waals surface area contributed by atoms with Crippen molar-refractivity contribution in [2.75, 3.05) is 68.0 Å². The summed E-state index contributed by atoms with van der Waals surface area (Å²) in [7, 11) is 8.89. The minimum Gasteiger partial charge on any atom is -0.508 e. The number of aliphatic hydroxyl groups is 7. The number of aliphatic hydroxyl groups excluding tert-OH is 7. The Kier molecular flexibility index (Phi) is 31.9. The van der Waals surface area contributed by atoms with E-state index >= 15 is 33.6 Å². The SMILES string of the molecule is CN(C)CCCNC(=O)C1O[C@@H](Oc2c3cc4cc2Oc2ccc(cc2Cl)[C@@H](O)C2NC(=O)[C@H](NC(=O)[C@@H]4NC(=O)[C@H]4NC(=O)[C@@H](Cc5ccc(cc5)O3)NC(=O)[C@H](N(C)Cc3ccc(-c5ccccc5)cc3)c3ccc(O)c(c3)Oc3cc(O)c(Cl)c4c3)c3ccc(O)c(c3)-c3c(O[C@H]4O[C@H](CO)[C@@H](O)[C@H](O)[C@@H]4O)cc(O)cc3[C@@H](C(=O)NCCCN(C)C)NC2=O)C(NCc2ccc(-c3ccccc3)cc2)[C@@H](O)C1O. The first kappa shape index (κ1) is 104. The molecular formula is C107H110Cl2N12O26. The average Bonchev–Trinajstić information content (AvgIpc) is 0.736. The van der Waals surface area contributed by atoms with Crippen molar-refractivity contribution in [1.82, 2.24) is 62.6 Å². The van der Waals surface area contributed by atoms with E-state index in [-0.39, 0.29) is 65.9 Å². The fourth-order valence-electron chi connectivity index (χ4n) is 18.5. The van der Waals surface area contributed by atoms with Gasteiger partial charge in [0.2, 0.25) is 59.7 Å². The molecule has 8 amide bonds. The van der Waals surface area contributed by atoms with Gasteiger partial charge < -0.3 is 147 Å². The first-order valence-electron chi connectivity index (χ1n) is 47.5. The van der Waals surface area contributed by atoms with E-state index in [1.807, 2.05) is 133 Å². The fraction of sp³-hybridized carbons (Fsp3) is 0.308. The van der Waals surface area contributed by atoms with Crippen LogP contribution in [0.5, 0.6) is 69.0 Å². The number of likely N-dealkylation sites (N-methyl/N-ethyl adjacent to an activating group) is 1. The van der Waals surface area contributed by atoms with Gasteiger partial charge in [-0.25, -0.2) is 0 Å². The number of benzene rings is 11. The number of carbonyl (C=O) groups is 8. The maximum absolute atomic E-state index is 17.2. The number of hydrogen-bond acceptors (Lipinski definition) is 30. The van der Waals surface area contributed by atoms with Crippen molar-refractivity contribution in [3.8, 4) is 102 Å². The van der Waals surface area contributed by atoms with Gasteiger partial charge >= 0.3 is 0 Å². The Morgan fingerprint density at radius 1 is 0.463 bits per heavy atom. The molecule has 0 aliphatic carbocycles. The largest absolute Gasteiger partial charge is 0.508 e. The van der Waals surface area contributed by atoms with Gasteiger partial charge in [0.15, 0.2) is 29.1 Å². The third kappa shape index (κ3) is 23.3.